The van der Waals surface area contributed by atoms with Crippen LogP contribution in [-0.4, -0.2) is 42.5 Å². The van der Waals surface area contributed by atoms with Gasteiger partial charge in [-0.25, -0.2) is 0 Å². The van der Waals surface area contributed by atoms with Gasteiger partial charge >= 0.3 is 0 Å². The van der Waals surface area contributed by atoms with E-state index in [-0.39, 0.29) is 0 Å². The fourth-order valence-electron chi connectivity index (χ4n) is 3.27. The molecule has 0 bridgehead atoms. The lowest BCUT2D eigenvalue weighted by atomic mass is 10.0. The number of likely N-dealkylation sites (N-methyl/N-ethyl adjacent to an activating group) is 1. The molecule has 2 heteroatoms. The predicted molar refractivity (Wildman–Crippen MR) is 66.2 cm³/mol. The van der Waals surface area contributed by atoms with Gasteiger partial charge in [-0.2, -0.15) is 0 Å². The number of likely N-dealkylation sites (tertiary alicyclic amines) is 2. The Kier molecular flexibility index (Phi) is 2.70. The summed E-state index contributed by atoms with van der Waals surface area (Å²) in [4.78, 5) is 5.15. The van der Waals surface area contributed by atoms with Gasteiger partial charge in [0.25, 0.3) is 0 Å². The quantitative estimate of drug-likeness (QED) is 0.744. The van der Waals surface area contributed by atoms with Gasteiger partial charge in [0.15, 0.2) is 0 Å². The molecule has 2 atom stereocenters. The molecular formula is C14H20N2. The molecule has 2 aliphatic heterocycles. The maximum atomic E-state index is 2.67. The lowest BCUT2D eigenvalue weighted by molar-refractivity contribution is 0.228. The SMILES string of the molecule is CN1CC2CCN(Cc3ccccc3)C2C1. The van der Waals surface area contributed by atoms with Crippen molar-refractivity contribution in [3.8, 4) is 0 Å². The fraction of sp³-hybridized carbons (Fsp3) is 0.571. The second kappa shape index (κ2) is 4.19. The Morgan fingerprint density at radius 1 is 1.19 bits per heavy atom. The lowest BCUT2D eigenvalue weighted by Gasteiger charge is -2.23. The third-order valence-corrected chi connectivity index (χ3v) is 4.07. The predicted octanol–water partition coefficient (Wildman–Crippen LogP) is 1.82. The molecule has 1 aromatic carbocycles. The van der Waals surface area contributed by atoms with Crippen molar-refractivity contribution < 1.29 is 0 Å². The molecule has 0 aliphatic carbocycles. The summed E-state index contributed by atoms with van der Waals surface area (Å²) in [5.41, 5.74) is 1.46. The highest BCUT2D eigenvalue weighted by Gasteiger charge is 2.39. The number of nitrogens with zero attached hydrogens (tertiary/aromatic N) is 2. The van der Waals surface area contributed by atoms with Gasteiger partial charge in [0.05, 0.1) is 0 Å². The number of fused-ring (bicyclic) bond motifs is 1. The van der Waals surface area contributed by atoms with Crippen LogP contribution in [0.4, 0.5) is 0 Å². The summed E-state index contributed by atoms with van der Waals surface area (Å²) in [5, 5.41) is 0. The Morgan fingerprint density at radius 3 is 2.81 bits per heavy atom. The van der Waals surface area contributed by atoms with Crippen molar-refractivity contribution >= 4 is 0 Å². The molecule has 0 spiro atoms. The van der Waals surface area contributed by atoms with Crippen LogP contribution in [0.1, 0.15) is 12.0 Å². The van der Waals surface area contributed by atoms with Crippen molar-refractivity contribution in [1.29, 1.82) is 0 Å². The second-order valence-corrected chi connectivity index (χ2v) is 5.29. The Labute approximate surface area is 97.9 Å². The first-order chi connectivity index (χ1) is 7.83. The maximum Gasteiger partial charge on any atom is 0.0267 e. The summed E-state index contributed by atoms with van der Waals surface area (Å²) in [6.45, 7) is 4.99. The van der Waals surface area contributed by atoms with Crippen molar-refractivity contribution in [3.05, 3.63) is 35.9 Å². The summed E-state index contributed by atoms with van der Waals surface area (Å²) in [5.74, 6) is 0.925. The second-order valence-electron chi connectivity index (χ2n) is 5.29. The van der Waals surface area contributed by atoms with E-state index in [4.69, 9.17) is 0 Å². The molecule has 16 heavy (non-hydrogen) atoms. The maximum absolute atomic E-state index is 2.67. The number of hydrogen-bond donors (Lipinski definition) is 0. The molecule has 0 radical (unpaired) electrons. The van der Waals surface area contributed by atoms with Crippen LogP contribution in [0.3, 0.4) is 0 Å². The summed E-state index contributed by atoms with van der Waals surface area (Å²) in [6.07, 6.45) is 1.39. The van der Waals surface area contributed by atoms with Crippen molar-refractivity contribution in [1.82, 2.24) is 9.80 Å². The minimum atomic E-state index is 0.810. The van der Waals surface area contributed by atoms with E-state index in [0.717, 1.165) is 18.5 Å². The van der Waals surface area contributed by atoms with Gasteiger partial charge < -0.3 is 4.90 Å². The molecule has 2 saturated heterocycles. The standard InChI is InChI=1S/C14H20N2/c1-15-10-13-7-8-16(14(13)11-15)9-12-5-3-2-4-6-12/h2-6,13-14H,7-11H2,1H3. The first-order valence-electron chi connectivity index (χ1n) is 6.29. The van der Waals surface area contributed by atoms with E-state index in [1.165, 1.54) is 31.6 Å². The zero-order valence-electron chi connectivity index (χ0n) is 9.97. The van der Waals surface area contributed by atoms with Crippen LogP contribution in [0.2, 0.25) is 0 Å². The van der Waals surface area contributed by atoms with Crippen LogP contribution in [0, 0.1) is 5.92 Å². The smallest absolute Gasteiger partial charge is 0.0267 e. The number of benzene rings is 1. The van der Waals surface area contributed by atoms with Gasteiger partial charge in [-0.15, -0.1) is 0 Å². The van der Waals surface area contributed by atoms with Crippen LogP contribution < -0.4 is 0 Å². The average molecular weight is 216 g/mol. The van der Waals surface area contributed by atoms with E-state index >= 15 is 0 Å². The fourth-order valence-corrected chi connectivity index (χ4v) is 3.27. The van der Waals surface area contributed by atoms with Gasteiger partial charge in [0.2, 0.25) is 0 Å². The Balaban J connectivity index is 1.68. The summed E-state index contributed by atoms with van der Waals surface area (Å²) in [6, 6.07) is 11.7. The van der Waals surface area contributed by atoms with Crippen molar-refractivity contribution in [2.45, 2.75) is 19.0 Å². The van der Waals surface area contributed by atoms with Crippen LogP contribution in [-0.2, 0) is 6.54 Å². The number of hydrogen-bond acceptors (Lipinski definition) is 2. The van der Waals surface area contributed by atoms with Crippen molar-refractivity contribution in [2.75, 3.05) is 26.7 Å². The molecular weight excluding hydrogens is 196 g/mol. The monoisotopic (exact) mass is 216 g/mol. The normalized spacial score (nSPS) is 30.8. The largest absolute Gasteiger partial charge is 0.304 e. The number of rotatable bonds is 2. The van der Waals surface area contributed by atoms with E-state index in [1.807, 2.05) is 0 Å². The molecule has 0 aromatic heterocycles. The Morgan fingerprint density at radius 2 is 2.00 bits per heavy atom. The van der Waals surface area contributed by atoms with E-state index in [0.29, 0.717) is 0 Å². The molecule has 0 amide bonds. The van der Waals surface area contributed by atoms with E-state index < -0.39 is 0 Å². The third kappa shape index (κ3) is 1.87. The molecule has 0 N–H and O–H groups in total. The van der Waals surface area contributed by atoms with E-state index in [1.54, 1.807) is 0 Å². The third-order valence-electron chi connectivity index (χ3n) is 4.07. The molecule has 2 heterocycles. The summed E-state index contributed by atoms with van der Waals surface area (Å²) in [7, 11) is 2.25. The highest BCUT2D eigenvalue weighted by Crippen LogP contribution is 2.31. The van der Waals surface area contributed by atoms with Gasteiger partial charge in [0.1, 0.15) is 0 Å². The molecule has 2 nitrogen and oxygen atoms in total. The first kappa shape index (κ1) is 10.3. The Hall–Kier alpha value is -0.860. The molecule has 2 aliphatic rings. The highest BCUT2D eigenvalue weighted by molar-refractivity contribution is 5.15. The van der Waals surface area contributed by atoms with Crippen LogP contribution in [0.25, 0.3) is 0 Å². The Bertz CT molecular complexity index is 349. The zero-order chi connectivity index (χ0) is 11.0. The van der Waals surface area contributed by atoms with Crippen LogP contribution in [0.15, 0.2) is 30.3 Å². The average Bonchev–Trinajstić information content (AvgIpc) is 2.81. The van der Waals surface area contributed by atoms with E-state index in [9.17, 15) is 0 Å². The molecule has 3 rings (SSSR count). The van der Waals surface area contributed by atoms with Gasteiger partial charge in [0, 0.05) is 25.7 Å². The minimum Gasteiger partial charge on any atom is -0.304 e. The van der Waals surface area contributed by atoms with Crippen molar-refractivity contribution in [2.24, 2.45) is 5.92 Å². The first-order valence-corrected chi connectivity index (χ1v) is 6.29. The zero-order valence-corrected chi connectivity index (χ0v) is 9.97. The summed E-state index contributed by atoms with van der Waals surface area (Å²) < 4.78 is 0. The topological polar surface area (TPSA) is 6.48 Å². The van der Waals surface area contributed by atoms with Gasteiger partial charge in [-0.1, -0.05) is 30.3 Å². The molecule has 2 unspecified atom stereocenters. The molecule has 0 saturated carbocycles. The lowest BCUT2D eigenvalue weighted by Crippen LogP contribution is -2.33. The minimum absolute atomic E-state index is 0.810. The van der Waals surface area contributed by atoms with Gasteiger partial charge in [-0.3, -0.25) is 4.90 Å². The summed E-state index contributed by atoms with van der Waals surface area (Å²) >= 11 is 0. The molecule has 2 fully saturated rings. The highest BCUT2D eigenvalue weighted by atomic mass is 15.3. The molecule has 86 valence electrons. The van der Waals surface area contributed by atoms with Crippen LogP contribution in [0.5, 0.6) is 0 Å². The van der Waals surface area contributed by atoms with Crippen molar-refractivity contribution in [3.63, 3.8) is 0 Å². The van der Waals surface area contributed by atoms with Crippen LogP contribution >= 0.6 is 0 Å². The van der Waals surface area contributed by atoms with E-state index in [2.05, 4.69) is 47.2 Å². The molecule has 1 aromatic rings. The van der Waals surface area contributed by atoms with Gasteiger partial charge in [-0.05, 0) is 31.5 Å².